The van der Waals surface area contributed by atoms with Gasteiger partial charge in [-0.25, -0.2) is 9.37 Å². The van der Waals surface area contributed by atoms with E-state index in [0.717, 1.165) is 5.56 Å². The minimum absolute atomic E-state index is 0.201. The van der Waals surface area contributed by atoms with Crippen LogP contribution in [0.15, 0.2) is 59.4 Å². The molecule has 0 spiro atoms. The average molecular weight is 400 g/mol. The first-order valence-corrected chi connectivity index (χ1v) is 9.22. The van der Waals surface area contributed by atoms with Gasteiger partial charge in [0.1, 0.15) is 18.2 Å². The van der Waals surface area contributed by atoms with Crippen molar-refractivity contribution in [3.63, 3.8) is 0 Å². The third-order valence-electron chi connectivity index (χ3n) is 4.26. The molecule has 1 aromatic heterocycles. The molecule has 0 fully saturated rings. The molecular formula is C21H19ClFN3O2. The molecule has 0 bridgehead atoms. The Morgan fingerprint density at radius 2 is 1.89 bits per heavy atom. The van der Waals surface area contributed by atoms with Gasteiger partial charge in [-0.3, -0.25) is 14.2 Å². The normalized spacial score (nSPS) is 10.7. The lowest BCUT2D eigenvalue weighted by atomic mass is 10.2. The van der Waals surface area contributed by atoms with E-state index in [4.69, 9.17) is 11.6 Å². The summed E-state index contributed by atoms with van der Waals surface area (Å²) in [4.78, 5) is 29.5. The Kier molecular flexibility index (Phi) is 6.21. The average Bonchev–Trinajstić information content (AvgIpc) is 2.69. The first-order chi connectivity index (χ1) is 13.5. The first-order valence-electron chi connectivity index (χ1n) is 8.84. The molecule has 0 saturated heterocycles. The second-order valence-corrected chi connectivity index (χ2v) is 6.63. The molecule has 144 valence electrons. The molecule has 2 aromatic carbocycles. The molecule has 1 heterocycles. The van der Waals surface area contributed by atoms with Gasteiger partial charge < -0.3 is 5.32 Å². The Labute approximate surface area is 166 Å². The molecule has 0 radical (unpaired) electrons. The highest BCUT2D eigenvalue weighted by Gasteiger charge is 2.14. The molecule has 1 amide bonds. The van der Waals surface area contributed by atoms with Crippen LogP contribution in [-0.4, -0.2) is 15.5 Å². The number of hydrogen-bond donors (Lipinski definition) is 1. The molecule has 3 rings (SSSR count). The smallest absolute Gasteiger partial charge is 0.254 e. The van der Waals surface area contributed by atoms with Gasteiger partial charge in [-0.15, -0.1) is 0 Å². The third-order valence-corrected chi connectivity index (χ3v) is 4.63. The van der Waals surface area contributed by atoms with Crippen molar-refractivity contribution in [1.82, 2.24) is 14.9 Å². The quantitative estimate of drug-likeness (QED) is 0.689. The predicted molar refractivity (Wildman–Crippen MR) is 107 cm³/mol. The van der Waals surface area contributed by atoms with Crippen molar-refractivity contribution in [2.45, 2.75) is 26.4 Å². The van der Waals surface area contributed by atoms with Gasteiger partial charge in [0.05, 0.1) is 0 Å². The third kappa shape index (κ3) is 4.64. The molecular weight excluding hydrogens is 381 g/mol. The maximum absolute atomic E-state index is 13.3. The highest BCUT2D eigenvalue weighted by Crippen LogP contribution is 2.17. The van der Waals surface area contributed by atoms with E-state index in [1.165, 1.54) is 34.9 Å². The van der Waals surface area contributed by atoms with Crippen molar-refractivity contribution in [3.8, 4) is 11.4 Å². The summed E-state index contributed by atoms with van der Waals surface area (Å²) >= 11 is 6.10. The van der Waals surface area contributed by atoms with Crippen LogP contribution in [-0.2, 0) is 24.3 Å². The number of carbonyl (C=O) groups excluding carboxylic acids is 1. The number of hydrogen-bond acceptors (Lipinski definition) is 3. The van der Waals surface area contributed by atoms with E-state index in [2.05, 4.69) is 10.3 Å². The molecule has 0 aliphatic carbocycles. The van der Waals surface area contributed by atoms with Crippen molar-refractivity contribution in [2.24, 2.45) is 0 Å². The first kappa shape index (κ1) is 19.8. The molecule has 0 unspecified atom stereocenters. The number of amides is 1. The van der Waals surface area contributed by atoms with E-state index in [0.29, 0.717) is 28.5 Å². The van der Waals surface area contributed by atoms with Gasteiger partial charge >= 0.3 is 0 Å². The number of nitrogens with one attached hydrogen (secondary N) is 1. The van der Waals surface area contributed by atoms with Crippen LogP contribution in [0.5, 0.6) is 0 Å². The lowest BCUT2D eigenvalue weighted by Gasteiger charge is -2.14. The zero-order valence-corrected chi connectivity index (χ0v) is 16.0. The van der Waals surface area contributed by atoms with Crippen LogP contribution in [0.1, 0.15) is 18.2 Å². The number of aryl methyl sites for hydroxylation is 1. The Morgan fingerprint density at radius 1 is 1.18 bits per heavy atom. The summed E-state index contributed by atoms with van der Waals surface area (Å²) in [5.74, 6) is -0.407. The predicted octanol–water partition coefficient (Wildman–Crippen LogP) is 3.58. The molecule has 0 atom stereocenters. The number of rotatable bonds is 6. The fraction of sp³-hybridized carbons (Fsp3) is 0.190. The fourth-order valence-electron chi connectivity index (χ4n) is 2.74. The lowest BCUT2D eigenvalue weighted by molar-refractivity contribution is -0.121. The Bertz CT molecular complexity index is 1050. The number of carbonyl (C=O) groups is 1. The second kappa shape index (κ2) is 8.80. The number of aromatic nitrogens is 2. The zero-order valence-electron chi connectivity index (χ0n) is 15.3. The van der Waals surface area contributed by atoms with Gasteiger partial charge in [0.2, 0.25) is 5.91 Å². The zero-order chi connectivity index (χ0) is 20.1. The van der Waals surface area contributed by atoms with Crippen LogP contribution in [0.2, 0.25) is 5.02 Å². The van der Waals surface area contributed by atoms with Crippen LogP contribution in [0.3, 0.4) is 0 Å². The molecule has 5 nitrogen and oxygen atoms in total. The number of benzene rings is 2. The van der Waals surface area contributed by atoms with Gasteiger partial charge in [-0.2, -0.15) is 0 Å². The van der Waals surface area contributed by atoms with Gasteiger partial charge in [-0.1, -0.05) is 36.7 Å². The summed E-state index contributed by atoms with van der Waals surface area (Å²) in [5.41, 5.74) is 1.62. The van der Waals surface area contributed by atoms with E-state index < -0.39 is 0 Å². The maximum Gasteiger partial charge on any atom is 0.254 e. The summed E-state index contributed by atoms with van der Waals surface area (Å²) in [5, 5.41) is 3.32. The molecule has 7 heteroatoms. The summed E-state index contributed by atoms with van der Waals surface area (Å²) < 4.78 is 14.6. The summed E-state index contributed by atoms with van der Waals surface area (Å²) in [6.45, 7) is 1.93. The molecule has 3 aromatic rings. The van der Waals surface area contributed by atoms with Crippen LogP contribution in [0, 0.1) is 5.82 Å². The Hall–Kier alpha value is -2.99. The van der Waals surface area contributed by atoms with Crippen LogP contribution >= 0.6 is 11.6 Å². The molecule has 28 heavy (non-hydrogen) atoms. The van der Waals surface area contributed by atoms with Crippen molar-refractivity contribution in [3.05, 3.63) is 87.0 Å². The maximum atomic E-state index is 13.3. The highest BCUT2D eigenvalue weighted by atomic mass is 35.5. The second-order valence-electron chi connectivity index (χ2n) is 6.22. The minimum atomic E-state index is -0.387. The minimum Gasteiger partial charge on any atom is -0.350 e. The standard InChI is InChI=1S/C21H19ClFN3O2/c1-2-17-11-20(28)26(21(25-17)14-7-9-16(23)10-8-14)13-19(27)24-12-15-5-3-4-6-18(15)22/h3-11H,2,12-13H2,1H3,(H,24,27). The number of nitrogens with zero attached hydrogens (tertiary/aromatic N) is 2. The Morgan fingerprint density at radius 3 is 2.57 bits per heavy atom. The van der Waals surface area contributed by atoms with Crippen molar-refractivity contribution >= 4 is 17.5 Å². The van der Waals surface area contributed by atoms with Crippen molar-refractivity contribution in [1.29, 1.82) is 0 Å². The summed E-state index contributed by atoms with van der Waals surface area (Å²) in [7, 11) is 0. The van der Waals surface area contributed by atoms with Gasteiger partial charge in [-0.05, 0) is 42.3 Å². The fourth-order valence-corrected chi connectivity index (χ4v) is 2.94. The molecule has 0 aliphatic rings. The van der Waals surface area contributed by atoms with E-state index in [1.54, 1.807) is 6.07 Å². The SMILES string of the molecule is CCc1cc(=O)n(CC(=O)NCc2ccccc2Cl)c(-c2ccc(F)cc2)n1. The van der Waals surface area contributed by atoms with Crippen LogP contribution in [0.25, 0.3) is 11.4 Å². The van der Waals surface area contributed by atoms with E-state index in [9.17, 15) is 14.0 Å². The van der Waals surface area contributed by atoms with Gasteiger partial charge in [0.15, 0.2) is 0 Å². The van der Waals surface area contributed by atoms with Crippen LogP contribution in [0.4, 0.5) is 4.39 Å². The van der Waals surface area contributed by atoms with Crippen LogP contribution < -0.4 is 10.9 Å². The lowest BCUT2D eigenvalue weighted by Crippen LogP contribution is -2.33. The molecule has 0 aliphatic heterocycles. The largest absolute Gasteiger partial charge is 0.350 e. The van der Waals surface area contributed by atoms with Crippen molar-refractivity contribution < 1.29 is 9.18 Å². The van der Waals surface area contributed by atoms with E-state index in [1.807, 2.05) is 25.1 Å². The Balaban J connectivity index is 1.86. The van der Waals surface area contributed by atoms with Gasteiger partial charge in [0, 0.05) is 28.9 Å². The molecule has 1 N–H and O–H groups in total. The topological polar surface area (TPSA) is 64.0 Å². The number of halogens is 2. The monoisotopic (exact) mass is 399 g/mol. The summed E-state index contributed by atoms with van der Waals surface area (Å²) in [6, 6.07) is 14.3. The highest BCUT2D eigenvalue weighted by molar-refractivity contribution is 6.31. The van der Waals surface area contributed by atoms with E-state index in [-0.39, 0.29) is 30.4 Å². The van der Waals surface area contributed by atoms with Gasteiger partial charge in [0.25, 0.3) is 5.56 Å². The van der Waals surface area contributed by atoms with E-state index >= 15 is 0 Å². The van der Waals surface area contributed by atoms with Crippen molar-refractivity contribution in [2.75, 3.05) is 0 Å². The molecule has 0 saturated carbocycles. The summed E-state index contributed by atoms with van der Waals surface area (Å²) in [6.07, 6.45) is 0.572.